The van der Waals surface area contributed by atoms with E-state index in [0.717, 1.165) is 19.3 Å². The fourth-order valence-electron chi connectivity index (χ4n) is 2.15. The van der Waals surface area contributed by atoms with Gasteiger partial charge in [-0.15, -0.1) is 6.58 Å². The molecule has 0 atom stereocenters. The Morgan fingerprint density at radius 2 is 1.21 bits per heavy atom. The van der Waals surface area contributed by atoms with Crippen LogP contribution in [0.2, 0.25) is 0 Å². The van der Waals surface area contributed by atoms with Crippen LogP contribution in [0.25, 0.3) is 0 Å². The molecule has 0 saturated carbocycles. The lowest BCUT2D eigenvalue weighted by molar-refractivity contribution is -0.131. The number of hydrogen-bond acceptors (Lipinski definition) is 1. The van der Waals surface area contributed by atoms with Gasteiger partial charge in [-0.25, -0.2) is 4.79 Å². The van der Waals surface area contributed by atoms with Crippen LogP contribution in [0.5, 0.6) is 0 Å². The normalized spacial score (nSPS) is 10.9. The number of aliphatic carboxylic acids is 1. The molecule has 0 radical (unpaired) electrons. The summed E-state index contributed by atoms with van der Waals surface area (Å²) < 4.78 is 0. The number of carboxylic acid groups (broad SMARTS) is 1. The standard InChI is InChI=1S/C17H30O2/c1-2-3-4-5-6-7-8-9-10-11-12-13-14-15-16-17(18)19/h2,15-16H,1,3-14H2,(H,18,19). The zero-order valence-electron chi connectivity index (χ0n) is 12.3. The van der Waals surface area contributed by atoms with Crippen molar-refractivity contribution < 1.29 is 9.90 Å². The molecule has 0 aromatic carbocycles. The summed E-state index contributed by atoms with van der Waals surface area (Å²) in [6.07, 6.45) is 20.1. The van der Waals surface area contributed by atoms with Gasteiger partial charge in [0.05, 0.1) is 0 Å². The first-order valence-corrected chi connectivity index (χ1v) is 7.77. The van der Waals surface area contributed by atoms with Crippen molar-refractivity contribution in [2.24, 2.45) is 0 Å². The zero-order chi connectivity index (χ0) is 14.2. The number of unbranched alkanes of at least 4 members (excludes halogenated alkanes) is 11. The van der Waals surface area contributed by atoms with E-state index < -0.39 is 5.97 Å². The van der Waals surface area contributed by atoms with E-state index in [2.05, 4.69) is 6.58 Å². The molecule has 2 nitrogen and oxygen atoms in total. The second kappa shape index (κ2) is 15.0. The largest absolute Gasteiger partial charge is 0.478 e. The van der Waals surface area contributed by atoms with Crippen LogP contribution in [0.1, 0.15) is 77.0 Å². The second-order valence-corrected chi connectivity index (χ2v) is 5.14. The van der Waals surface area contributed by atoms with Crippen molar-refractivity contribution in [3.63, 3.8) is 0 Å². The van der Waals surface area contributed by atoms with Crippen LogP contribution >= 0.6 is 0 Å². The Hall–Kier alpha value is -1.05. The molecule has 0 aliphatic carbocycles. The van der Waals surface area contributed by atoms with Crippen LogP contribution in [0.15, 0.2) is 24.8 Å². The molecule has 0 unspecified atom stereocenters. The van der Waals surface area contributed by atoms with Crippen molar-refractivity contribution in [3.05, 3.63) is 24.8 Å². The van der Waals surface area contributed by atoms with E-state index in [0.29, 0.717) is 0 Å². The molecule has 0 aromatic rings. The molecule has 110 valence electrons. The van der Waals surface area contributed by atoms with Crippen LogP contribution in [-0.4, -0.2) is 11.1 Å². The highest BCUT2D eigenvalue weighted by Crippen LogP contribution is 2.12. The SMILES string of the molecule is C=CCCCCCCCCCCCCC=CC(=O)O. The highest BCUT2D eigenvalue weighted by molar-refractivity contribution is 5.79. The molecule has 1 N–H and O–H groups in total. The zero-order valence-corrected chi connectivity index (χ0v) is 12.3. The monoisotopic (exact) mass is 266 g/mol. The van der Waals surface area contributed by atoms with Gasteiger partial charge >= 0.3 is 5.97 Å². The predicted octanol–water partition coefficient (Wildman–Crippen LogP) is 5.49. The third-order valence-corrected chi connectivity index (χ3v) is 3.29. The molecule has 0 bridgehead atoms. The Kier molecular flexibility index (Phi) is 14.2. The topological polar surface area (TPSA) is 37.3 Å². The number of carbonyl (C=O) groups is 1. The van der Waals surface area contributed by atoms with Crippen LogP contribution in [0.3, 0.4) is 0 Å². The van der Waals surface area contributed by atoms with Crippen molar-refractivity contribution >= 4 is 5.97 Å². The molecule has 0 aliphatic heterocycles. The Morgan fingerprint density at radius 1 is 0.789 bits per heavy atom. The Morgan fingerprint density at radius 3 is 1.63 bits per heavy atom. The van der Waals surface area contributed by atoms with Gasteiger partial charge in [0.15, 0.2) is 0 Å². The molecular formula is C17H30O2. The lowest BCUT2D eigenvalue weighted by Crippen LogP contribution is -1.85. The number of allylic oxidation sites excluding steroid dienone is 2. The minimum absolute atomic E-state index is 0.840. The molecule has 0 fully saturated rings. The molecule has 0 saturated heterocycles. The van der Waals surface area contributed by atoms with Gasteiger partial charge in [0.1, 0.15) is 0 Å². The summed E-state index contributed by atoms with van der Waals surface area (Å²) in [6.45, 7) is 3.73. The van der Waals surface area contributed by atoms with E-state index in [-0.39, 0.29) is 0 Å². The van der Waals surface area contributed by atoms with Gasteiger partial charge in [0.2, 0.25) is 0 Å². The minimum Gasteiger partial charge on any atom is -0.478 e. The third-order valence-electron chi connectivity index (χ3n) is 3.29. The maximum absolute atomic E-state index is 10.2. The van der Waals surface area contributed by atoms with Crippen molar-refractivity contribution in [1.82, 2.24) is 0 Å². The first-order valence-electron chi connectivity index (χ1n) is 7.77. The van der Waals surface area contributed by atoms with Crippen LogP contribution < -0.4 is 0 Å². The molecule has 19 heavy (non-hydrogen) atoms. The summed E-state index contributed by atoms with van der Waals surface area (Å²) in [7, 11) is 0. The van der Waals surface area contributed by atoms with E-state index in [9.17, 15) is 4.79 Å². The average molecular weight is 266 g/mol. The summed E-state index contributed by atoms with van der Waals surface area (Å²) in [6, 6.07) is 0. The van der Waals surface area contributed by atoms with Crippen molar-refractivity contribution in [2.75, 3.05) is 0 Å². The van der Waals surface area contributed by atoms with E-state index >= 15 is 0 Å². The van der Waals surface area contributed by atoms with E-state index in [4.69, 9.17) is 5.11 Å². The highest BCUT2D eigenvalue weighted by Gasteiger charge is 1.92. The van der Waals surface area contributed by atoms with Crippen molar-refractivity contribution in [2.45, 2.75) is 77.0 Å². The van der Waals surface area contributed by atoms with Gasteiger partial charge < -0.3 is 5.11 Å². The van der Waals surface area contributed by atoms with Crippen LogP contribution in [0.4, 0.5) is 0 Å². The van der Waals surface area contributed by atoms with E-state index in [1.54, 1.807) is 6.08 Å². The Bertz CT molecular complexity index is 244. The quantitative estimate of drug-likeness (QED) is 0.256. The highest BCUT2D eigenvalue weighted by atomic mass is 16.4. The van der Waals surface area contributed by atoms with Crippen molar-refractivity contribution in [3.8, 4) is 0 Å². The van der Waals surface area contributed by atoms with Gasteiger partial charge in [-0.1, -0.05) is 63.5 Å². The van der Waals surface area contributed by atoms with Gasteiger partial charge in [0, 0.05) is 6.08 Å². The molecule has 0 rings (SSSR count). The van der Waals surface area contributed by atoms with Gasteiger partial charge in [-0.2, -0.15) is 0 Å². The smallest absolute Gasteiger partial charge is 0.327 e. The summed E-state index contributed by atoms with van der Waals surface area (Å²) in [5.74, 6) is -0.840. The molecular weight excluding hydrogens is 236 g/mol. The lowest BCUT2D eigenvalue weighted by Gasteiger charge is -2.01. The maximum atomic E-state index is 10.2. The molecule has 0 spiro atoms. The number of carboxylic acids is 1. The first-order chi connectivity index (χ1) is 9.27. The maximum Gasteiger partial charge on any atom is 0.327 e. The van der Waals surface area contributed by atoms with Gasteiger partial charge in [-0.3, -0.25) is 0 Å². The van der Waals surface area contributed by atoms with E-state index in [1.807, 2.05) is 6.08 Å². The fourth-order valence-corrected chi connectivity index (χ4v) is 2.15. The Balaban J connectivity index is 3.02. The van der Waals surface area contributed by atoms with Crippen molar-refractivity contribution in [1.29, 1.82) is 0 Å². The first kappa shape index (κ1) is 17.9. The van der Waals surface area contributed by atoms with Gasteiger partial charge in [0.25, 0.3) is 0 Å². The molecule has 0 aliphatic rings. The minimum atomic E-state index is -0.840. The van der Waals surface area contributed by atoms with Crippen LogP contribution in [-0.2, 0) is 4.79 Å². The average Bonchev–Trinajstić information content (AvgIpc) is 2.39. The summed E-state index contributed by atoms with van der Waals surface area (Å²) >= 11 is 0. The third kappa shape index (κ3) is 16.9. The van der Waals surface area contributed by atoms with Crippen LogP contribution in [0, 0.1) is 0 Å². The predicted molar refractivity (Wildman–Crippen MR) is 82.4 cm³/mol. The summed E-state index contributed by atoms with van der Waals surface area (Å²) in [5, 5.41) is 8.41. The molecule has 0 amide bonds. The molecule has 0 heterocycles. The fraction of sp³-hybridized carbons (Fsp3) is 0.706. The summed E-state index contributed by atoms with van der Waals surface area (Å²) in [4.78, 5) is 10.2. The van der Waals surface area contributed by atoms with Gasteiger partial charge in [-0.05, 0) is 25.7 Å². The Labute approximate surface area is 118 Å². The second-order valence-electron chi connectivity index (χ2n) is 5.14. The number of rotatable bonds is 14. The number of hydrogen-bond donors (Lipinski definition) is 1. The summed E-state index contributed by atoms with van der Waals surface area (Å²) in [5.41, 5.74) is 0. The molecule has 0 aromatic heterocycles. The van der Waals surface area contributed by atoms with E-state index in [1.165, 1.54) is 63.9 Å². The molecule has 2 heteroatoms. The lowest BCUT2D eigenvalue weighted by atomic mass is 10.1.